The fourth-order valence-corrected chi connectivity index (χ4v) is 4.37. The number of hydrogen-bond donors (Lipinski definition) is 1. The van der Waals surface area contributed by atoms with E-state index in [1.807, 2.05) is 12.1 Å². The molecule has 39 heavy (non-hydrogen) atoms. The first-order valence-corrected chi connectivity index (χ1v) is 12.1. The van der Waals surface area contributed by atoms with Crippen molar-refractivity contribution < 1.29 is 31.9 Å². The predicted octanol–water partition coefficient (Wildman–Crippen LogP) is 8.08. The Morgan fingerprint density at radius 2 is 1.56 bits per heavy atom. The number of anilines is 1. The van der Waals surface area contributed by atoms with Gasteiger partial charge in [0.1, 0.15) is 17.1 Å². The molecule has 0 saturated heterocycles. The summed E-state index contributed by atoms with van der Waals surface area (Å²) in [5, 5.41) is 4.57. The standard InChI is InChI=1S/C28H16Cl2F3NO5/c29-17-10-18(30)12-19(11-17)34-24(35)14-37-20-7-8-22-23(13-20)39-27(28(31,32)33)26(25(22)36)38-21-6-5-15-3-1-2-4-16(15)9-21/h1-13H,14H2,(H,34,35). The number of carbonyl (C=O) groups is 1. The van der Waals surface area contributed by atoms with E-state index >= 15 is 0 Å². The van der Waals surface area contributed by atoms with E-state index in [-0.39, 0.29) is 16.9 Å². The summed E-state index contributed by atoms with van der Waals surface area (Å²) in [4.78, 5) is 25.3. The van der Waals surface area contributed by atoms with E-state index in [4.69, 9.17) is 37.1 Å². The maximum absolute atomic E-state index is 13.9. The molecule has 0 spiro atoms. The number of hydrogen-bond acceptors (Lipinski definition) is 5. The number of nitrogens with one attached hydrogen (secondary N) is 1. The lowest BCUT2D eigenvalue weighted by Gasteiger charge is -2.14. The molecule has 5 aromatic rings. The quantitative estimate of drug-likeness (QED) is 0.222. The van der Waals surface area contributed by atoms with Crippen LogP contribution in [0.1, 0.15) is 5.76 Å². The number of fused-ring (bicyclic) bond motifs is 2. The van der Waals surface area contributed by atoms with Gasteiger partial charge in [-0.15, -0.1) is 0 Å². The molecular formula is C28H16Cl2F3NO5. The van der Waals surface area contributed by atoms with Crippen molar-refractivity contribution in [3.63, 3.8) is 0 Å². The second kappa shape index (κ2) is 10.5. The minimum atomic E-state index is -5.03. The Labute approximate surface area is 228 Å². The monoisotopic (exact) mass is 573 g/mol. The van der Waals surface area contributed by atoms with E-state index in [9.17, 15) is 22.8 Å². The highest BCUT2D eigenvalue weighted by Crippen LogP contribution is 2.39. The zero-order valence-corrected chi connectivity index (χ0v) is 21.2. The normalized spacial score (nSPS) is 11.5. The van der Waals surface area contributed by atoms with Crippen molar-refractivity contribution in [3.8, 4) is 17.2 Å². The van der Waals surface area contributed by atoms with E-state index in [1.165, 1.54) is 42.5 Å². The van der Waals surface area contributed by atoms with Gasteiger partial charge in [-0.1, -0.05) is 53.5 Å². The molecule has 1 N–H and O–H groups in total. The Hall–Kier alpha value is -4.21. The van der Waals surface area contributed by atoms with Crippen molar-refractivity contribution >= 4 is 56.5 Å². The maximum atomic E-state index is 13.9. The van der Waals surface area contributed by atoms with Crippen LogP contribution in [0.4, 0.5) is 18.9 Å². The van der Waals surface area contributed by atoms with Crippen LogP contribution in [-0.2, 0) is 11.0 Å². The van der Waals surface area contributed by atoms with Crippen LogP contribution in [0.5, 0.6) is 17.2 Å². The first kappa shape index (κ1) is 26.4. The SMILES string of the molecule is O=C(COc1ccc2c(=O)c(Oc3ccc4ccccc4c3)c(C(F)(F)F)oc2c1)Nc1cc(Cl)cc(Cl)c1. The fraction of sp³-hybridized carbons (Fsp3) is 0.0714. The van der Waals surface area contributed by atoms with Gasteiger partial charge in [0.2, 0.25) is 11.2 Å². The first-order valence-electron chi connectivity index (χ1n) is 11.3. The molecule has 0 unspecified atom stereocenters. The van der Waals surface area contributed by atoms with Crippen LogP contribution in [-0.4, -0.2) is 12.5 Å². The molecule has 1 amide bonds. The Kier molecular flexibility index (Phi) is 7.12. The number of amides is 1. The molecule has 0 aliphatic carbocycles. The first-order chi connectivity index (χ1) is 18.6. The Morgan fingerprint density at radius 3 is 2.28 bits per heavy atom. The van der Waals surface area contributed by atoms with Gasteiger partial charge in [0.25, 0.3) is 11.7 Å². The molecule has 0 atom stereocenters. The zero-order chi connectivity index (χ0) is 27.7. The van der Waals surface area contributed by atoms with Crippen LogP contribution < -0.4 is 20.2 Å². The molecule has 0 radical (unpaired) electrons. The van der Waals surface area contributed by atoms with Crippen LogP contribution >= 0.6 is 23.2 Å². The minimum Gasteiger partial charge on any atom is -0.484 e. The highest BCUT2D eigenvalue weighted by molar-refractivity contribution is 6.35. The third-order valence-electron chi connectivity index (χ3n) is 5.54. The average molecular weight is 574 g/mol. The van der Waals surface area contributed by atoms with Gasteiger partial charge < -0.3 is 19.2 Å². The summed E-state index contributed by atoms with van der Waals surface area (Å²) in [7, 11) is 0. The van der Waals surface area contributed by atoms with Gasteiger partial charge in [-0.3, -0.25) is 9.59 Å². The predicted molar refractivity (Wildman–Crippen MR) is 142 cm³/mol. The maximum Gasteiger partial charge on any atom is 0.453 e. The summed E-state index contributed by atoms with van der Waals surface area (Å²) in [5.74, 6) is -3.12. The summed E-state index contributed by atoms with van der Waals surface area (Å²) in [6.07, 6.45) is -5.03. The van der Waals surface area contributed by atoms with Gasteiger partial charge >= 0.3 is 6.18 Å². The number of rotatable bonds is 6. The van der Waals surface area contributed by atoms with E-state index < -0.39 is 41.2 Å². The third kappa shape index (κ3) is 5.94. The van der Waals surface area contributed by atoms with E-state index in [1.54, 1.807) is 18.2 Å². The van der Waals surface area contributed by atoms with Crippen LogP contribution in [0.2, 0.25) is 10.0 Å². The van der Waals surface area contributed by atoms with Crippen LogP contribution in [0, 0.1) is 0 Å². The molecule has 1 aromatic heterocycles. The number of alkyl halides is 3. The number of ether oxygens (including phenoxy) is 2. The van der Waals surface area contributed by atoms with Crippen molar-refractivity contribution in [2.75, 3.05) is 11.9 Å². The summed E-state index contributed by atoms with van der Waals surface area (Å²) in [6, 6.07) is 20.0. The van der Waals surface area contributed by atoms with Crippen molar-refractivity contribution in [3.05, 3.63) is 105 Å². The molecule has 5 rings (SSSR count). The highest BCUT2D eigenvalue weighted by atomic mass is 35.5. The average Bonchev–Trinajstić information content (AvgIpc) is 2.87. The lowest BCUT2D eigenvalue weighted by molar-refractivity contribution is -0.154. The van der Waals surface area contributed by atoms with Crippen LogP contribution in [0.15, 0.2) is 88.1 Å². The van der Waals surface area contributed by atoms with Gasteiger partial charge in [0.15, 0.2) is 6.61 Å². The van der Waals surface area contributed by atoms with Crippen molar-refractivity contribution in [1.82, 2.24) is 0 Å². The molecule has 6 nitrogen and oxygen atoms in total. The topological polar surface area (TPSA) is 77.8 Å². The van der Waals surface area contributed by atoms with Gasteiger partial charge in [-0.25, -0.2) is 0 Å². The molecule has 0 bridgehead atoms. The fourth-order valence-electron chi connectivity index (χ4n) is 3.85. The molecule has 11 heteroatoms. The van der Waals surface area contributed by atoms with Crippen molar-refractivity contribution in [1.29, 1.82) is 0 Å². The van der Waals surface area contributed by atoms with Gasteiger partial charge in [-0.05, 0) is 53.2 Å². The molecule has 0 aliphatic rings. The zero-order valence-electron chi connectivity index (χ0n) is 19.6. The van der Waals surface area contributed by atoms with Crippen LogP contribution in [0.25, 0.3) is 21.7 Å². The number of benzene rings is 4. The van der Waals surface area contributed by atoms with E-state index in [0.29, 0.717) is 15.7 Å². The summed E-state index contributed by atoms with van der Waals surface area (Å²) in [5.41, 5.74) is -1.07. The lowest BCUT2D eigenvalue weighted by atomic mass is 10.1. The minimum absolute atomic E-state index is 0.00116. The molecule has 198 valence electrons. The Morgan fingerprint density at radius 1 is 0.872 bits per heavy atom. The molecule has 0 aliphatic heterocycles. The highest BCUT2D eigenvalue weighted by Gasteiger charge is 2.40. The van der Waals surface area contributed by atoms with Crippen molar-refractivity contribution in [2.45, 2.75) is 6.18 Å². The van der Waals surface area contributed by atoms with Gasteiger partial charge in [0, 0.05) is 21.8 Å². The Bertz CT molecular complexity index is 1770. The Balaban J connectivity index is 1.42. The van der Waals surface area contributed by atoms with E-state index in [2.05, 4.69) is 5.32 Å². The van der Waals surface area contributed by atoms with Gasteiger partial charge in [0.05, 0.1) is 5.39 Å². The number of carbonyl (C=O) groups excluding carboxylic acids is 1. The van der Waals surface area contributed by atoms with Crippen molar-refractivity contribution in [2.24, 2.45) is 0 Å². The molecular weight excluding hydrogens is 558 g/mol. The second-order valence-electron chi connectivity index (χ2n) is 8.35. The van der Waals surface area contributed by atoms with E-state index in [0.717, 1.165) is 16.8 Å². The summed E-state index contributed by atoms with van der Waals surface area (Å²) in [6.45, 7) is -0.491. The van der Waals surface area contributed by atoms with Gasteiger partial charge in [-0.2, -0.15) is 13.2 Å². The lowest BCUT2D eigenvalue weighted by Crippen LogP contribution is -2.20. The molecule has 1 heterocycles. The number of halogens is 5. The van der Waals surface area contributed by atoms with Crippen LogP contribution in [0.3, 0.4) is 0 Å². The molecule has 0 saturated carbocycles. The smallest absolute Gasteiger partial charge is 0.453 e. The third-order valence-corrected chi connectivity index (χ3v) is 5.97. The molecule has 4 aromatic carbocycles. The summed E-state index contributed by atoms with van der Waals surface area (Å²) < 4.78 is 57.7. The summed E-state index contributed by atoms with van der Waals surface area (Å²) >= 11 is 11.8. The largest absolute Gasteiger partial charge is 0.484 e. The second-order valence-corrected chi connectivity index (χ2v) is 9.22. The molecule has 0 fully saturated rings.